The minimum Gasteiger partial charge on any atom is -0.394 e. The monoisotopic (exact) mass is 376 g/mol. The first-order chi connectivity index (χ1) is 13.5. The molecule has 1 aliphatic rings. The highest BCUT2D eigenvalue weighted by Gasteiger charge is 2.24. The topological polar surface area (TPSA) is 79.4 Å². The van der Waals surface area contributed by atoms with Gasteiger partial charge in [-0.2, -0.15) is 0 Å². The zero-order valence-corrected chi connectivity index (χ0v) is 16.1. The zero-order valence-electron chi connectivity index (χ0n) is 16.1. The number of fused-ring (bicyclic) bond motifs is 1. The molecule has 2 amide bonds. The van der Waals surface area contributed by atoms with E-state index in [0.29, 0.717) is 24.6 Å². The Labute approximate surface area is 164 Å². The molecule has 1 aromatic heterocycles. The highest BCUT2D eigenvalue weighted by molar-refractivity contribution is 5.91. The molecule has 0 bridgehead atoms. The van der Waals surface area contributed by atoms with Crippen LogP contribution in [0, 0.1) is 0 Å². The lowest BCUT2D eigenvalue weighted by Gasteiger charge is -2.15. The molecule has 0 aliphatic carbocycles. The third-order valence-corrected chi connectivity index (χ3v) is 4.77. The van der Waals surface area contributed by atoms with E-state index in [9.17, 15) is 4.79 Å². The molecule has 0 unspecified atom stereocenters. The van der Waals surface area contributed by atoms with E-state index in [4.69, 9.17) is 5.73 Å². The molecular weight excluding hydrogens is 352 g/mol. The van der Waals surface area contributed by atoms with Crippen molar-refractivity contribution in [1.29, 1.82) is 0 Å². The largest absolute Gasteiger partial charge is 0.394 e. The number of nitrogens with zero attached hydrogens (tertiary/aromatic N) is 4. The van der Waals surface area contributed by atoms with E-state index in [1.165, 1.54) is 16.7 Å². The van der Waals surface area contributed by atoms with Crippen molar-refractivity contribution in [3.8, 4) is 5.69 Å². The third-order valence-electron chi connectivity index (χ3n) is 4.77. The lowest BCUT2D eigenvalue weighted by Crippen LogP contribution is -2.30. The predicted octanol–water partition coefficient (Wildman–Crippen LogP) is 3.06. The van der Waals surface area contributed by atoms with E-state index in [-0.39, 0.29) is 6.03 Å². The maximum absolute atomic E-state index is 12.7. The normalized spacial score (nSPS) is 13.0. The number of para-hydroxylation sites is 1. The number of aromatic nitrogens is 2. The van der Waals surface area contributed by atoms with Crippen molar-refractivity contribution in [2.24, 2.45) is 0 Å². The zero-order chi connectivity index (χ0) is 19.7. The molecule has 0 saturated carbocycles. The number of carbonyl (C=O) groups excluding carboxylic acids is 1. The molecule has 0 fully saturated rings. The number of hydrogen-bond donors (Lipinski definition) is 2. The van der Waals surface area contributed by atoms with Crippen LogP contribution in [0.2, 0.25) is 0 Å². The van der Waals surface area contributed by atoms with Crippen LogP contribution in [-0.4, -0.2) is 39.7 Å². The molecule has 7 heteroatoms. The van der Waals surface area contributed by atoms with E-state index in [0.717, 1.165) is 12.2 Å². The number of nitrogen functional groups attached to an aromatic ring is 1. The molecule has 28 heavy (non-hydrogen) atoms. The van der Waals surface area contributed by atoms with E-state index in [2.05, 4.69) is 33.5 Å². The fraction of sp³-hybridized carbons (Fsp3) is 0.238. The van der Waals surface area contributed by atoms with Crippen LogP contribution in [-0.2, 0) is 19.6 Å². The van der Waals surface area contributed by atoms with Gasteiger partial charge >= 0.3 is 6.03 Å². The number of hydrogen-bond acceptors (Lipinski definition) is 4. The molecule has 0 atom stereocenters. The Morgan fingerprint density at radius 2 is 1.89 bits per heavy atom. The second kappa shape index (κ2) is 7.36. The number of rotatable bonds is 4. The minimum absolute atomic E-state index is 0.199. The fourth-order valence-corrected chi connectivity index (χ4v) is 3.43. The molecule has 2 heterocycles. The number of carbonyl (C=O) groups is 1. The summed E-state index contributed by atoms with van der Waals surface area (Å²) in [4.78, 5) is 16.6. The standard InChI is InChI=1S/C21H24N6O/c1-25(2)11-15-8-9-16-12-26(13-17(16)10-15)21(28)23-20-19(22)14-27(24-20)18-6-4-3-5-7-18/h3-10,14H,11-13,22H2,1-2H3,(H,23,24,28). The van der Waals surface area contributed by atoms with Gasteiger partial charge in [0.1, 0.15) is 0 Å². The predicted molar refractivity (Wildman–Crippen MR) is 110 cm³/mol. The van der Waals surface area contributed by atoms with Crippen LogP contribution in [0.1, 0.15) is 16.7 Å². The Bertz CT molecular complexity index is 995. The van der Waals surface area contributed by atoms with Gasteiger partial charge in [0.15, 0.2) is 5.82 Å². The minimum atomic E-state index is -0.199. The summed E-state index contributed by atoms with van der Waals surface area (Å²) in [5.74, 6) is 0.373. The summed E-state index contributed by atoms with van der Waals surface area (Å²) >= 11 is 0. The van der Waals surface area contributed by atoms with Crippen LogP contribution < -0.4 is 11.1 Å². The van der Waals surface area contributed by atoms with Crippen molar-refractivity contribution in [2.45, 2.75) is 19.6 Å². The van der Waals surface area contributed by atoms with Crippen LogP contribution in [0.5, 0.6) is 0 Å². The number of anilines is 2. The average molecular weight is 376 g/mol. The first-order valence-corrected chi connectivity index (χ1v) is 9.21. The molecule has 2 aromatic carbocycles. The summed E-state index contributed by atoms with van der Waals surface area (Å²) in [6.45, 7) is 2.05. The van der Waals surface area contributed by atoms with Gasteiger partial charge in [0.25, 0.3) is 0 Å². The summed E-state index contributed by atoms with van der Waals surface area (Å²) in [7, 11) is 4.10. The molecule has 4 rings (SSSR count). The average Bonchev–Trinajstić information content (AvgIpc) is 3.25. The number of nitrogens with one attached hydrogen (secondary N) is 1. The number of benzene rings is 2. The van der Waals surface area contributed by atoms with Crippen molar-refractivity contribution in [1.82, 2.24) is 19.6 Å². The lowest BCUT2D eigenvalue weighted by atomic mass is 10.1. The van der Waals surface area contributed by atoms with Crippen LogP contribution in [0.4, 0.5) is 16.3 Å². The van der Waals surface area contributed by atoms with Crippen molar-refractivity contribution in [2.75, 3.05) is 25.1 Å². The maximum atomic E-state index is 12.7. The molecule has 3 aromatic rings. The second-order valence-corrected chi connectivity index (χ2v) is 7.34. The van der Waals surface area contributed by atoms with E-state index in [1.54, 1.807) is 15.8 Å². The van der Waals surface area contributed by atoms with Crippen LogP contribution in [0.25, 0.3) is 5.69 Å². The number of urea groups is 1. The molecule has 7 nitrogen and oxygen atoms in total. The van der Waals surface area contributed by atoms with Gasteiger partial charge in [0, 0.05) is 19.6 Å². The van der Waals surface area contributed by atoms with Gasteiger partial charge in [-0.15, -0.1) is 5.10 Å². The van der Waals surface area contributed by atoms with E-state index in [1.807, 2.05) is 44.4 Å². The fourth-order valence-electron chi connectivity index (χ4n) is 3.43. The van der Waals surface area contributed by atoms with Gasteiger partial charge in [-0.1, -0.05) is 36.4 Å². The highest BCUT2D eigenvalue weighted by atomic mass is 16.2. The van der Waals surface area contributed by atoms with Gasteiger partial charge < -0.3 is 15.5 Å². The summed E-state index contributed by atoms with van der Waals surface area (Å²) in [6.07, 6.45) is 1.71. The summed E-state index contributed by atoms with van der Waals surface area (Å²) in [6, 6.07) is 15.9. The molecule has 144 valence electrons. The SMILES string of the molecule is CN(C)Cc1ccc2c(c1)CN(C(=O)Nc1nn(-c3ccccc3)cc1N)C2. The van der Waals surface area contributed by atoms with Crippen molar-refractivity contribution < 1.29 is 4.79 Å². The Balaban J connectivity index is 1.45. The van der Waals surface area contributed by atoms with Gasteiger partial charge in [-0.3, -0.25) is 5.32 Å². The third kappa shape index (κ3) is 3.70. The molecule has 3 N–H and O–H groups in total. The summed E-state index contributed by atoms with van der Waals surface area (Å²) in [5, 5.41) is 7.26. The van der Waals surface area contributed by atoms with Gasteiger partial charge in [0.05, 0.1) is 17.6 Å². The first-order valence-electron chi connectivity index (χ1n) is 9.21. The Morgan fingerprint density at radius 1 is 1.14 bits per heavy atom. The molecule has 0 saturated heterocycles. The van der Waals surface area contributed by atoms with E-state index < -0.39 is 0 Å². The second-order valence-electron chi connectivity index (χ2n) is 7.34. The molecule has 1 aliphatic heterocycles. The Morgan fingerprint density at radius 3 is 2.64 bits per heavy atom. The van der Waals surface area contributed by atoms with Crippen molar-refractivity contribution >= 4 is 17.5 Å². The van der Waals surface area contributed by atoms with E-state index >= 15 is 0 Å². The molecule has 0 radical (unpaired) electrons. The number of amides is 2. The van der Waals surface area contributed by atoms with Gasteiger partial charge in [-0.05, 0) is 42.9 Å². The lowest BCUT2D eigenvalue weighted by molar-refractivity contribution is 0.212. The Hall–Kier alpha value is -3.32. The molecular formula is C21H24N6O. The van der Waals surface area contributed by atoms with Gasteiger partial charge in [0.2, 0.25) is 0 Å². The Kier molecular flexibility index (Phi) is 4.75. The quantitative estimate of drug-likeness (QED) is 0.733. The van der Waals surface area contributed by atoms with Crippen molar-refractivity contribution in [3.05, 3.63) is 71.4 Å². The van der Waals surface area contributed by atoms with Crippen molar-refractivity contribution in [3.63, 3.8) is 0 Å². The van der Waals surface area contributed by atoms with Gasteiger partial charge in [-0.25, -0.2) is 9.48 Å². The van der Waals surface area contributed by atoms with Crippen LogP contribution >= 0.6 is 0 Å². The summed E-state index contributed by atoms with van der Waals surface area (Å²) in [5.41, 5.74) is 11.0. The molecule has 0 spiro atoms. The number of nitrogens with two attached hydrogens (primary N) is 1. The summed E-state index contributed by atoms with van der Waals surface area (Å²) < 4.78 is 1.66. The van der Waals surface area contributed by atoms with Crippen LogP contribution in [0.15, 0.2) is 54.7 Å². The highest BCUT2D eigenvalue weighted by Crippen LogP contribution is 2.26. The first kappa shape index (κ1) is 18.1. The smallest absolute Gasteiger partial charge is 0.323 e. The van der Waals surface area contributed by atoms with Crippen LogP contribution in [0.3, 0.4) is 0 Å². The maximum Gasteiger partial charge on any atom is 0.323 e.